The van der Waals surface area contributed by atoms with E-state index in [4.69, 9.17) is 34.2 Å². The van der Waals surface area contributed by atoms with Gasteiger partial charge in [0.05, 0.1) is 35.0 Å². The number of aromatic amines is 1. The van der Waals surface area contributed by atoms with E-state index in [1.807, 2.05) is 0 Å². The van der Waals surface area contributed by atoms with Crippen molar-refractivity contribution in [3.63, 3.8) is 0 Å². The molecule has 0 spiro atoms. The van der Waals surface area contributed by atoms with Crippen LogP contribution in [0.5, 0.6) is 0 Å². The summed E-state index contributed by atoms with van der Waals surface area (Å²) in [5.74, 6) is 0.131. The van der Waals surface area contributed by atoms with E-state index >= 15 is 0 Å². The van der Waals surface area contributed by atoms with Crippen LogP contribution in [0.2, 0.25) is 10.0 Å². The molecule has 0 bridgehead atoms. The number of rotatable bonds is 6. The summed E-state index contributed by atoms with van der Waals surface area (Å²) in [5.41, 5.74) is 0.295. The first kappa shape index (κ1) is 11.8. The van der Waals surface area contributed by atoms with E-state index < -0.39 is 38.2 Å². The lowest BCUT2D eigenvalue weighted by Crippen LogP contribution is -2.38. The molecule has 8 nitrogen and oxygen atoms in total. The van der Waals surface area contributed by atoms with E-state index in [1.54, 1.807) is 18.2 Å². The molecule has 0 saturated carbocycles. The van der Waals surface area contributed by atoms with Gasteiger partial charge in [0.1, 0.15) is 0 Å². The number of imidazole rings is 1. The van der Waals surface area contributed by atoms with E-state index in [2.05, 4.69) is 25.0 Å². The molecular formula is C18H20Cl2N6O2. The number of H-pyrrole nitrogens is 1. The number of fused-ring (bicyclic) bond motifs is 1. The molecule has 3 heterocycles. The molecule has 4 rings (SSSR count). The Morgan fingerprint density at radius 3 is 2.86 bits per heavy atom. The number of aromatic nitrogens is 4. The highest BCUT2D eigenvalue weighted by atomic mass is 35.5. The molecule has 10 heteroatoms. The van der Waals surface area contributed by atoms with Crippen LogP contribution in [0.15, 0.2) is 29.3 Å². The van der Waals surface area contributed by atoms with E-state index in [-0.39, 0.29) is 30.2 Å². The fraction of sp³-hybridized carbons (Fsp3) is 0.389. The number of nitrogens with one attached hydrogen (secondary N) is 2. The van der Waals surface area contributed by atoms with Gasteiger partial charge in [-0.1, -0.05) is 29.3 Å². The summed E-state index contributed by atoms with van der Waals surface area (Å²) >= 11 is 11.9. The van der Waals surface area contributed by atoms with Crippen molar-refractivity contribution in [3.8, 4) is 0 Å². The Bertz CT molecular complexity index is 1340. The van der Waals surface area contributed by atoms with E-state index in [9.17, 15) is 4.79 Å². The van der Waals surface area contributed by atoms with Crippen LogP contribution in [-0.2, 0) is 17.8 Å². The van der Waals surface area contributed by atoms with Crippen molar-refractivity contribution in [1.82, 2.24) is 24.4 Å². The second-order valence-corrected chi connectivity index (χ2v) is 6.62. The topological polar surface area (TPSA) is 88.1 Å². The van der Waals surface area contributed by atoms with E-state index in [1.165, 1.54) is 10.9 Å². The Morgan fingerprint density at radius 1 is 1.25 bits per heavy atom. The third-order valence-electron chi connectivity index (χ3n) is 3.95. The smallest absolute Gasteiger partial charge is 0.278 e. The summed E-state index contributed by atoms with van der Waals surface area (Å²) < 4.78 is 69.2. The van der Waals surface area contributed by atoms with Crippen LogP contribution in [0.4, 0.5) is 5.95 Å². The van der Waals surface area contributed by atoms with Crippen molar-refractivity contribution in [2.75, 3.05) is 38.0 Å². The van der Waals surface area contributed by atoms with Gasteiger partial charge in [-0.2, -0.15) is 4.98 Å². The maximum Gasteiger partial charge on any atom is 0.278 e. The Kier molecular flexibility index (Phi) is 3.57. The van der Waals surface area contributed by atoms with Gasteiger partial charge in [-0.3, -0.25) is 14.7 Å². The molecule has 28 heavy (non-hydrogen) atoms. The van der Waals surface area contributed by atoms with Crippen LogP contribution in [0, 0.1) is 0 Å². The van der Waals surface area contributed by atoms with Crippen LogP contribution in [0.25, 0.3) is 11.2 Å². The Balaban J connectivity index is 1.56. The summed E-state index contributed by atoms with van der Waals surface area (Å²) in [7, 11) is 0. The average molecular weight is 431 g/mol. The van der Waals surface area contributed by atoms with Crippen molar-refractivity contribution < 1.29 is 15.7 Å². The number of ether oxygens (including phenoxy) is 1. The van der Waals surface area contributed by atoms with E-state index in [0.717, 1.165) is 5.56 Å². The van der Waals surface area contributed by atoms with Gasteiger partial charge in [0.25, 0.3) is 5.56 Å². The molecule has 1 aromatic carbocycles. The van der Waals surface area contributed by atoms with Crippen LogP contribution < -0.4 is 10.9 Å². The lowest BCUT2D eigenvalue weighted by atomic mass is 10.2. The van der Waals surface area contributed by atoms with Gasteiger partial charge in [-0.25, -0.2) is 4.98 Å². The molecule has 3 aromatic rings. The van der Waals surface area contributed by atoms with Crippen molar-refractivity contribution in [1.29, 1.82) is 0 Å². The molecule has 1 saturated heterocycles. The Labute approximate surface area is 182 Å². The maximum atomic E-state index is 12.8. The highest BCUT2D eigenvalue weighted by Gasteiger charge is 2.14. The first-order valence-corrected chi connectivity index (χ1v) is 8.93. The summed E-state index contributed by atoms with van der Waals surface area (Å²) in [5, 5.41) is 3.73. The number of halogens is 2. The molecule has 1 fully saturated rings. The zero-order chi connectivity index (χ0) is 26.7. The zero-order valence-electron chi connectivity index (χ0n) is 22.3. The highest BCUT2D eigenvalue weighted by molar-refractivity contribution is 6.42. The van der Waals surface area contributed by atoms with E-state index in [0.29, 0.717) is 14.9 Å². The number of anilines is 1. The van der Waals surface area contributed by atoms with Crippen LogP contribution in [0.1, 0.15) is 16.5 Å². The molecule has 1 aliphatic rings. The number of hydrogen-bond donors (Lipinski definition) is 2. The van der Waals surface area contributed by atoms with Gasteiger partial charge in [0.15, 0.2) is 11.2 Å². The Morgan fingerprint density at radius 2 is 2.07 bits per heavy atom. The second kappa shape index (κ2) is 8.48. The van der Waals surface area contributed by atoms with Crippen LogP contribution >= 0.6 is 23.2 Å². The number of nitrogens with zero attached hydrogens (tertiary/aromatic N) is 4. The third-order valence-corrected chi connectivity index (χ3v) is 4.69. The molecule has 2 aromatic heterocycles. The fourth-order valence-electron chi connectivity index (χ4n) is 2.60. The van der Waals surface area contributed by atoms with Gasteiger partial charge in [0.2, 0.25) is 5.95 Å². The molecule has 1 aliphatic heterocycles. The number of hydrogen-bond acceptors (Lipinski definition) is 6. The van der Waals surface area contributed by atoms with Gasteiger partial charge >= 0.3 is 0 Å². The van der Waals surface area contributed by atoms with Crippen LogP contribution in [0.3, 0.4) is 0 Å². The molecule has 0 aliphatic carbocycles. The minimum atomic E-state index is -3.15. The van der Waals surface area contributed by atoms with Gasteiger partial charge in [-0.15, -0.1) is 0 Å². The first-order valence-electron chi connectivity index (χ1n) is 12.2. The molecule has 0 atom stereocenters. The van der Waals surface area contributed by atoms with Gasteiger partial charge < -0.3 is 14.6 Å². The van der Waals surface area contributed by atoms with Crippen molar-refractivity contribution >= 4 is 40.3 Å². The van der Waals surface area contributed by atoms with Crippen LogP contribution in [-0.4, -0.2) is 57.1 Å². The summed E-state index contributed by atoms with van der Waals surface area (Å²) in [6, 6.07) is 5.05. The lowest BCUT2D eigenvalue weighted by Gasteiger charge is -2.26. The first-order chi connectivity index (χ1) is 16.6. The zero-order valence-corrected chi connectivity index (χ0v) is 15.8. The Hall–Kier alpha value is -2.13. The van der Waals surface area contributed by atoms with Crippen molar-refractivity contribution in [2.45, 2.75) is 13.1 Å². The molecule has 2 N–H and O–H groups in total. The predicted molar refractivity (Wildman–Crippen MR) is 109 cm³/mol. The van der Waals surface area contributed by atoms with Crippen molar-refractivity contribution in [3.05, 3.63) is 50.5 Å². The maximum absolute atomic E-state index is 12.8. The molecular weight excluding hydrogens is 403 g/mol. The SMILES string of the molecule is [2H]C1([2H])OC([2H])([2H])C([2H])([2H])N(CCn2cnc3nc(NCc4ccc(Cl)c(Cl)c4)[nH]c(=O)c32)C1([2H])[2H]. The number of benzene rings is 1. The minimum Gasteiger partial charge on any atom is -0.379 e. The number of morpholine rings is 1. The quantitative estimate of drug-likeness (QED) is 0.623. The molecule has 0 unspecified atom stereocenters. The van der Waals surface area contributed by atoms with Gasteiger partial charge in [-0.05, 0) is 17.7 Å². The predicted octanol–water partition coefficient (Wildman–Crippen LogP) is 2.37. The van der Waals surface area contributed by atoms with Crippen molar-refractivity contribution in [2.24, 2.45) is 0 Å². The second-order valence-electron chi connectivity index (χ2n) is 5.81. The van der Waals surface area contributed by atoms with Gasteiger partial charge in [0, 0.05) is 38.1 Å². The largest absolute Gasteiger partial charge is 0.379 e. The standard InChI is InChI=1S/C18H20Cl2N6O2/c19-13-2-1-12(9-14(13)20)10-21-18-23-16-15(17(27)24-18)26(11-22-16)4-3-25-5-7-28-8-6-25/h1-2,9,11H,3-8,10H2,(H2,21,23,24,27)/i5D2,6D2,7D2,8D2. The molecule has 0 amide bonds. The summed E-state index contributed by atoms with van der Waals surface area (Å²) in [6.45, 7) is -12.8. The monoisotopic (exact) mass is 430 g/mol. The third kappa shape index (κ3) is 4.30. The summed E-state index contributed by atoms with van der Waals surface area (Å²) in [4.78, 5) is 24.1. The fourth-order valence-corrected chi connectivity index (χ4v) is 2.92. The minimum absolute atomic E-state index is 0.0236. The molecule has 148 valence electrons. The summed E-state index contributed by atoms with van der Waals surface area (Å²) in [6.07, 6.45) is 1.25. The normalized spacial score (nSPS) is 26.6. The molecule has 0 radical (unpaired) electrons. The lowest BCUT2D eigenvalue weighted by molar-refractivity contribution is 0.0365. The highest BCUT2D eigenvalue weighted by Crippen LogP contribution is 2.22. The average Bonchev–Trinajstić information content (AvgIpc) is 3.16.